The molecule has 0 aliphatic carbocycles. The Balaban J connectivity index is 1.77. The van der Waals surface area contributed by atoms with Crippen LogP contribution in [-0.4, -0.2) is 23.0 Å². The summed E-state index contributed by atoms with van der Waals surface area (Å²) in [6.45, 7) is 0.154. The van der Waals surface area contributed by atoms with Gasteiger partial charge in [0.1, 0.15) is 4.83 Å². The van der Waals surface area contributed by atoms with Crippen molar-refractivity contribution in [3.63, 3.8) is 0 Å². The monoisotopic (exact) mass is 333 g/mol. The molecule has 0 aliphatic rings. The van der Waals surface area contributed by atoms with Crippen molar-refractivity contribution in [2.75, 3.05) is 7.11 Å². The Morgan fingerprint density at radius 1 is 1.43 bits per heavy atom. The zero-order valence-corrected chi connectivity index (χ0v) is 12.9. The third kappa shape index (κ3) is 3.07. The van der Waals surface area contributed by atoms with E-state index in [-0.39, 0.29) is 23.7 Å². The number of aromatic nitrogens is 2. The Kier molecular flexibility index (Phi) is 4.07. The van der Waals surface area contributed by atoms with Gasteiger partial charge in [0.2, 0.25) is 5.82 Å². The van der Waals surface area contributed by atoms with Crippen LogP contribution in [0.15, 0.2) is 34.4 Å². The van der Waals surface area contributed by atoms with Gasteiger partial charge >= 0.3 is 0 Å². The lowest BCUT2D eigenvalue weighted by Crippen LogP contribution is -2.27. The predicted octanol–water partition coefficient (Wildman–Crippen LogP) is 2.06. The highest BCUT2D eigenvalue weighted by Gasteiger charge is 2.12. The van der Waals surface area contributed by atoms with Crippen LogP contribution in [0, 0.1) is 5.82 Å². The number of rotatable bonds is 4. The van der Waals surface area contributed by atoms with Crippen molar-refractivity contribution < 1.29 is 13.9 Å². The molecule has 3 rings (SSSR count). The van der Waals surface area contributed by atoms with E-state index in [2.05, 4.69) is 15.3 Å². The number of fused-ring (bicyclic) bond motifs is 1. The van der Waals surface area contributed by atoms with E-state index in [4.69, 9.17) is 4.74 Å². The molecule has 0 saturated heterocycles. The first-order chi connectivity index (χ1) is 11.1. The normalized spacial score (nSPS) is 10.7. The number of H-pyrrole nitrogens is 1. The molecule has 0 atom stereocenters. The molecule has 6 nitrogen and oxygen atoms in total. The van der Waals surface area contributed by atoms with Crippen molar-refractivity contribution >= 4 is 27.5 Å². The Morgan fingerprint density at radius 2 is 2.26 bits per heavy atom. The molecule has 118 valence electrons. The van der Waals surface area contributed by atoms with Gasteiger partial charge in [-0.1, -0.05) is 6.07 Å². The van der Waals surface area contributed by atoms with Gasteiger partial charge in [0.25, 0.3) is 11.5 Å². The van der Waals surface area contributed by atoms with E-state index in [0.29, 0.717) is 15.8 Å². The number of thiophene rings is 1. The molecule has 1 aromatic carbocycles. The minimum atomic E-state index is -0.513. The molecule has 0 aliphatic heterocycles. The Hall–Kier alpha value is -2.74. The molecule has 1 amide bonds. The average molecular weight is 333 g/mol. The zero-order valence-electron chi connectivity index (χ0n) is 12.1. The molecule has 0 bridgehead atoms. The molecular weight excluding hydrogens is 321 g/mol. The fraction of sp³-hybridized carbons (Fsp3) is 0.133. The van der Waals surface area contributed by atoms with Gasteiger partial charge in [-0.2, -0.15) is 0 Å². The average Bonchev–Trinajstić information content (AvgIpc) is 3.03. The molecule has 0 radical (unpaired) electrons. The third-order valence-corrected chi connectivity index (χ3v) is 4.02. The van der Waals surface area contributed by atoms with Crippen molar-refractivity contribution in [1.29, 1.82) is 0 Å². The standard InChI is InChI=1S/C15H12FN3O3S/c1-22-11-6-8(2-3-10(11)16)7-17-14(21)12-18-13(20)9-4-5-23-15(9)19-12/h2-6H,7H2,1H3,(H,17,21)(H,18,19,20). The van der Waals surface area contributed by atoms with E-state index in [1.165, 1.54) is 36.6 Å². The van der Waals surface area contributed by atoms with Gasteiger partial charge in [-0.15, -0.1) is 11.3 Å². The molecule has 0 fully saturated rings. The van der Waals surface area contributed by atoms with Crippen molar-refractivity contribution in [3.05, 3.63) is 57.2 Å². The summed E-state index contributed by atoms with van der Waals surface area (Å²) >= 11 is 1.28. The van der Waals surface area contributed by atoms with Crippen molar-refractivity contribution in [3.8, 4) is 5.75 Å². The van der Waals surface area contributed by atoms with E-state index in [9.17, 15) is 14.0 Å². The number of halogens is 1. The molecule has 2 aromatic heterocycles. The van der Waals surface area contributed by atoms with Crippen LogP contribution in [0.5, 0.6) is 5.75 Å². The molecule has 3 aromatic rings. The summed E-state index contributed by atoms with van der Waals surface area (Å²) in [5.41, 5.74) is 0.306. The van der Waals surface area contributed by atoms with Gasteiger partial charge < -0.3 is 15.0 Å². The minimum Gasteiger partial charge on any atom is -0.494 e. The summed E-state index contributed by atoms with van der Waals surface area (Å²) in [4.78, 5) is 31.0. The maximum Gasteiger partial charge on any atom is 0.287 e. The predicted molar refractivity (Wildman–Crippen MR) is 84.4 cm³/mol. The molecule has 0 saturated carbocycles. The largest absolute Gasteiger partial charge is 0.494 e. The first-order valence-electron chi connectivity index (χ1n) is 6.66. The van der Waals surface area contributed by atoms with Crippen LogP contribution in [0.3, 0.4) is 0 Å². The van der Waals surface area contributed by atoms with Gasteiger partial charge in [0.15, 0.2) is 11.6 Å². The lowest BCUT2D eigenvalue weighted by Gasteiger charge is -2.07. The highest BCUT2D eigenvalue weighted by atomic mass is 32.1. The summed E-state index contributed by atoms with van der Waals surface area (Å²) in [5, 5.41) is 4.81. The summed E-state index contributed by atoms with van der Waals surface area (Å²) < 4.78 is 18.2. The zero-order chi connectivity index (χ0) is 16.4. The highest BCUT2D eigenvalue weighted by molar-refractivity contribution is 7.16. The van der Waals surface area contributed by atoms with E-state index < -0.39 is 11.7 Å². The Labute approximate surface area is 133 Å². The summed E-state index contributed by atoms with van der Waals surface area (Å²) in [5.74, 6) is -0.945. The van der Waals surface area contributed by atoms with E-state index >= 15 is 0 Å². The van der Waals surface area contributed by atoms with Gasteiger partial charge in [-0.05, 0) is 29.1 Å². The number of ether oxygens (including phenoxy) is 1. The number of carbonyl (C=O) groups is 1. The lowest BCUT2D eigenvalue weighted by molar-refractivity contribution is 0.0940. The summed E-state index contributed by atoms with van der Waals surface area (Å²) in [6, 6.07) is 5.95. The van der Waals surface area contributed by atoms with E-state index in [1.807, 2.05) is 0 Å². The number of carbonyl (C=O) groups excluding carboxylic acids is 1. The first kappa shape index (κ1) is 15.2. The number of amides is 1. The number of nitrogens with one attached hydrogen (secondary N) is 2. The number of nitrogens with zero attached hydrogens (tertiary/aromatic N) is 1. The second-order valence-corrected chi connectivity index (χ2v) is 5.60. The highest BCUT2D eigenvalue weighted by Crippen LogP contribution is 2.18. The van der Waals surface area contributed by atoms with Crippen LogP contribution in [0.4, 0.5) is 4.39 Å². The van der Waals surface area contributed by atoms with Crippen LogP contribution in [-0.2, 0) is 6.54 Å². The van der Waals surface area contributed by atoms with Gasteiger partial charge in [0, 0.05) is 6.54 Å². The summed E-state index contributed by atoms with van der Waals surface area (Å²) in [6.07, 6.45) is 0. The SMILES string of the molecule is COc1cc(CNC(=O)c2nc3sccc3c(=O)[nH]2)ccc1F. The second-order valence-electron chi connectivity index (χ2n) is 4.71. The number of methoxy groups -OCH3 is 1. The summed E-state index contributed by atoms with van der Waals surface area (Å²) in [7, 11) is 1.37. The van der Waals surface area contributed by atoms with Crippen LogP contribution >= 0.6 is 11.3 Å². The smallest absolute Gasteiger partial charge is 0.287 e. The fourth-order valence-corrected chi connectivity index (χ4v) is 2.82. The fourth-order valence-electron chi connectivity index (χ4n) is 2.05. The van der Waals surface area contributed by atoms with Crippen molar-refractivity contribution in [2.24, 2.45) is 0 Å². The van der Waals surface area contributed by atoms with Crippen LogP contribution in [0.1, 0.15) is 16.2 Å². The van der Waals surface area contributed by atoms with Crippen LogP contribution < -0.4 is 15.6 Å². The van der Waals surface area contributed by atoms with Crippen molar-refractivity contribution in [1.82, 2.24) is 15.3 Å². The maximum atomic E-state index is 13.3. The molecule has 2 heterocycles. The van der Waals surface area contributed by atoms with Gasteiger partial charge in [-0.25, -0.2) is 9.37 Å². The molecule has 0 unspecified atom stereocenters. The van der Waals surface area contributed by atoms with Gasteiger partial charge in [0.05, 0.1) is 12.5 Å². The van der Waals surface area contributed by atoms with Gasteiger partial charge in [-0.3, -0.25) is 9.59 Å². The lowest BCUT2D eigenvalue weighted by atomic mass is 10.2. The minimum absolute atomic E-state index is 0.0565. The second kappa shape index (κ2) is 6.17. The number of hydrogen-bond donors (Lipinski definition) is 2. The topological polar surface area (TPSA) is 84.1 Å². The number of benzene rings is 1. The third-order valence-electron chi connectivity index (χ3n) is 3.22. The Morgan fingerprint density at radius 3 is 3.04 bits per heavy atom. The van der Waals surface area contributed by atoms with Crippen LogP contribution in [0.2, 0.25) is 0 Å². The van der Waals surface area contributed by atoms with E-state index in [1.54, 1.807) is 11.4 Å². The van der Waals surface area contributed by atoms with Crippen LogP contribution in [0.25, 0.3) is 10.2 Å². The molecule has 0 spiro atoms. The quantitative estimate of drug-likeness (QED) is 0.765. The molecule has 8 heteroatoms. The number of hydrogen-bond acceptors (Lipinski definition) is 5. The molecule has 23 heavy (non-hydrogen) atoms. The molecule has 2 N–H and O–H groups in total. The Bertz CT molecular complexity index is 935. The first-order valence-corrected chi connectivity index (χ1v) is 7.54. The molecular formula is C15H12FN3O3S. The number of aromatic amines is 1. The van der Waals surface area contributed by atoms with E-state index in [0.717, 1.165) is 0 Å². The maximum absolute atomic E-state index is 13.3. The van der Waals surface area contributed by atoms with Crippen molar-refractivity contribution in [2.45, 2.75) is 6.54 Å².